The number of rotatable bonds is 6. The highest BCUT2D eigenvalue weighted by Gasteiger charge is 2.20. The smallest absolute Gasteiger partial charge is 0.239 e. The molecule has 120 valence electrons. The number of piperidine rings is 1. The lowest BCUT2D eigenvalue weighted by molar-refractivity contribution is -0.125. The van der Waals surface area contributed by atoms with Crippen LogP contribution in [-0.4, -0.2) is 48.9 Å². The normalized spacial score (nSPS) is 16.2. The van der Waals surface area contributed by atoms with Gasteiger partial charge in [-0.2, -0.15) is 0 Å². The molecule has 0 saturated carbocycles. The highest BCUT2D eigenvalue weighted by atomic mass is 16.2. The fourth-order valence-electron chi connectivity index (χ4n) is 2.61. The number of nitrogens with zero attached hydrogens (tertiary/aromatic N) is 1. The first-order valence-corrected chi connectivity index (χ1v) is 7.70. The Morgan fingerprint density at radius 2 is 1.82 bits per heavy atom. The number of amides is 2. The van der Waals surface area contributed by atoms with Gasteiger partial charge in [-0.25, -0.2) is 0 Å². The van der Waals surface area contributed by atoms with Crippen molar-refractivity contribution < 1.29 is 9.59 Å². The Labute approximate surface area is 131 Å². The van der Waals surface area contributed by atoms with Crippen molar-refractivity contribution in [1.82, 2.24) is 15.5 Å². The Balaban J connectivity index is 1.66. The van der Waals surface area contributed by atoms with Crippen LogP contribution < -0.4 is 16.4 Å². The molecule has 0 atom stereocenters. The van der Waals surface area contributed by atoms with Crippen LogP contribution in [0.1, 0.15) is 18.4 Å². The highest BCUT2D eigenvalue weighted by molar-refractivity contribution is 5.85. The van der Waals surface area contributed by atoms with Crippen LogP contribution in [0.3, 0.4) is 0 Å². The summed E-state index contributed by atoms with van der Waals surface area (Å²) in [7, 11) is 0. The summed E-state index contributed by atoms with van der Waals surface area (Å²) in [6.45, 7) is 2.80. The standard InChI is InChI=1S/C16H24N4O2/c17-10-15(21)18-11-16(22)19-14-6-8-20(9-7-14)12-13-4-2-1-3-5-13/h1-5,14H,6-12,17H2,(H,18,21)(H,19,22). The van der Waals surface area contributed by atoms with Crippen molar-refractivity contribution >= 4 is 11.8 Å². The molecule has 6 nitrogen and oxygen atoms in total. The molecule has 1 aromatic rings. The van der Waals surface area contributed by atoms with Gasteiger partial charge >= 0.3 is 0 Å². The molecule has 2 rings (SSSR count). The zero-order valence-electron chi connectivity index (χ0n) is 12.8. The van der Waals surface area contributed by atoms with E-state index in [4.69, 9.17) is 5.73 Å². The second-order valence-corrected chi connectivity index (χ2v) is 5.58. The van der Waals surface area contributed by atoms with E-state index in [-0.39, 0.29) is 30.9 Å². The van der Waals surface area contributed by atoms with E-state index in [1.807, 2.05) is 6.07 Å². The SMILES string of the molecule is NCC(=O)NCC(=O)NC1CCN(Cc2ccccc2)CC1. The summed E-state index contributed by atoms with van der Waals surface area (Å²) in [4.78, 5) is 25.1. The van der Waals surface area contributed by atoms with Crippen molar-refractivity contribution in [2.45, 2.75) is 25.4 Å². The molecule has 0 spiro atoms. The number of hydrogen-bond acceptors (Lipinski definition) is 4. The predicted octanol–water partition coefficient (Wildman–Crippen LogP) is -0.158. The van der Waals surface area contributed by atoms with E-state index in [1.165, 1.54) is 5.56 Å². The maximum absolute atomic E-state index is 11.7. The largest absolute Gasteiger partial charge is 0.352 e. The van der Waals surface area contributed by atoms with E-state index in [9.17, 15) is 9.59 Å². The number of hydrogen-bond donors (Lipinski definition) is 3. The van der Waals surface area contributed by atoms with Crippen molar-refractivity contribution in [3.05, 3.63) is 35.9 Å². The molecule has 22 heavy (non-hydrogen) atoms. The number of nitrogens with two attached hydrogens (primary N) is 1. The number of carbonyl (C=O) groups excluding carboxylic acids is 2. The molecule has 0 bridgehead atoms. The molecule has 1 aromatic carbocycles. The first kappa shape index (κ1) is 16.5. The van der Waals surface area contributed by atoms with Crippen LogP contribution in [0.4, 0.5) is 0 Å². The molecule has 6 heteroatoms. The third-order valence-electron chi connectivity index (χ3n) is 3.83. The average Bonchev–Trinajstić information content (AvgIpc) is 2.55. The van der Waals surface area contributed by atoms with Crippen molar-refractivity contribution in [3.8, 4) is 0 Å². The molecule has 1 aliphatic rings. The second kappa shape index (κ2) is 8.51. The zero-order chi connectivity index (χ0) is 15.8. The first-order valence-electron chi connectivity index (χ1n) is 7.70. The minimum absolute atomic E-state index is 0.000261. The molecule has 1 saturated heterocycles. The molecule has 4 N–H and O–H groups in total. The predicted molar refractivity (Wildman–Crippen MR) is 84.9 cm³/mol. The van der Waals surface area contributed by atoms with E-state index in [1.54, 1.807) is 0 Å². The van der Waals surface area contributed by atoms with Gasteiger partial charge in [0, 0.05) is 25.7 Å². The summed E-state index contributed by atoms with van der Waals surface area (Å²) < 4.78 is 0. The molecule has 0 radical (unpaired) electrons. The Kier molecular flexibility index (Phi) is 6.36. The summed E-state index contributed by atoms with van der Waals surface area (Å²) >= 11 is 0. The maximum atomic E-state index is 11.7. The third-order valence-corrected chi connectivity index (χ3v) is 3.83. The fourth-order valence-corrected chi connectivity index (χ4v) is 2.61. The Hall–Kier alpha value is -1.92. The molecule has 1 fully saturated rings. The van der Waals surface area contributed by atoms with Gasteiger partial charge in [-0.3, -0.25) is 14.5 Å². The van der Waals surface area contributed by atoms with Crippen LogP contribution in [-0.2, 0) is 16.1 Å². The van der Waals surface area contributed by atoms with E-state index >= 15 is 0 Å². The molecule has 1 heterocycles. The molecule has 1 aliphatic heterocycles. The number of likely N-dealkylation sites (tertiary alicyclic amines) is 1. The van der Waals surface area contributed by atoms with Crippen molar-refractivity contribution in [3.63, 3.8) is 0 Å². The molecule has 0 unspecified atom stereocenters. The van der Waals surface area contributed by atoms with E-state index in [0.29, 0.717) is 0 Å². The average molecular weight is 304 g/mol. The summed E-state index contributed by atoms with van der Waals surface area (Å²) in [5.41, 5.74) is 6.49. The van der Waals surface area contributed by atoms with Crippen molar-refractivity contribution in [2.24, 2.45) is 5.73 Å². The van der Waals surface area contributed by atoms with Gasteiger partial charge in [0.25, 0.3) is 0 Å². The summed E-state index contributed by atoms with van der Waals surface area (Å²) in [6.07, 6.45) is 1.87. The molecule has 2 amide bonds. The van der Waals surface area contributed by atoms with Gasteiger partial charge in [-0.15, -0.1) is 0 Å². The highest BCUT2D eigenvalue weighted by Crippen LogP contribution is 2.13. The third kappa shape index (κ3) is 5.46. The molecule has 0 aliphatic carbocycles. The van der Waals surface area contributed by atoms with Crippen LogP contribution in [0.5, 0.6) is 0 Å². The number of nitrogens with one attached hydrogen (secondary N) is 2. The van der Waals surface area contributed by atoms with Crippen molar-refractivity contribution in [1.29, 1.82) is 0 Å². The minimum atomic E-state index is -0.312. The van der Waals surface area contributed by atoms with Crippen LogP contribution >= 0.6 is 0 Å². The Morgan fingerprint density at radius 1 is 1.14 bits per heavy atom. The summed E-state index contributed by atoms with van der Waals surface area (Å²) in [5, 5.41) is 5.44. The zero-order valence-corrected chi connectivity index (χ0v) is 12.8. The van der Waals surface area contributed by atoms with Gasteiger partial charge in [0.15, 0.2) is 0 Å². The fraction of sp³-hybridized carbons (Fsp3) is 0.500. The molecule has 0 aromatic heterocycles. The summed E-state index contributed by atoms with van der Waals surface area (Å²) in [5.74, 6) is -0.462. The Morgan fingerprint density at radius 3 is 2.45 bits per heavy atom. The lowest BCUT2D eigenvalue weighted by atomic mass is 10.0. The van der Waals surface area contributed by atoms with Gasteiger partial charge in [0.2, 0.25) is 11.8 Å². The van der Waals surface area contributed by atoms with Crippen LogP contribution in [0.25, 0.3) is 0 Å². The van der Waals surface area contributed by atoms with Gasteiger partial charge in [-0.1, -0.05) is 30.3 Å². The van der Waals surface area contributed by atoms with Gasteiger partial charge in [0.05, 0.1) is 13.1 Å². The van der Waals surface area contributed by atoms with Crippen LogP contribution in [0, 0.1) is 0 Å². The van der Waals surface area contributed by atoms with Gasteiger partial charge in [0.1, 0.15) is 0 Å². The number of carbonyl (C=O) groups is 2. The van der Waals surface area contributed by atoms with Crippen molar-refractivity contribution in [2.75, 3.05) is 26.2 Å². The molecular weight excluding hydrogens is 280 g/mol. The van der Waals surface area contributed by atoms with Gasteiger partial charge in [-0.05, 0) is 18.4 Å². The van der Waals surface area contributed by atoms with E-state index in [2.05, 4.69) is 39.8 Å². The van der Waals surface area contributed by atoms with E-state index in [0.717, 1.165) is 32.5 Å². The van der Waals surface area contributed by atoms with Crippen LogP contribution in [0.15, 0.2) is 30.3 Å². The van der Waals surface area contributed by atoms with E-state index < -0.39 is 0 Å². The monoisotopic (exact) mass is 304 g/mol. The van der Waals surface area contributed by atoms with Crippen LogP contribution in [0.2, 0.25) is 0 Å². The topological polar surface area (TPSA) is 87.5 Å². The number of benzene rings is 1. The Bertz CT molecular complexity index is 484. The lowest BCUT2D eigenvalue weighted by Crippen LogP contribution is -2.47. The first-order chi connectivity index (χ1) is 10.7. The summed E-state index contributed by atoms with van der Waals surface area (Å²) in [6, 6.07) is 10.6. The quantitative estimate of drug-likeness (QED) is 0.682. The second-order valence-electron chi connectivity index (χ2n) is 5.58. The minimum Gasteiger partial charge on any atom is -0.352 e. The molecular formula is C16H24N4O2. The lowest BCUT2D eigenvalue weighted by Gasteiger charge is -2.32. The maximum Gasteiger partial charge on any atom is 0.239 e. The van der Waals surface area contributed by atoms with Gasteiger partial charge < -0.3 is 16.4 Å².